The number of nitrogens with zero attached hydrogens (tertiary/aromatic N) is 6. The standard InChI is InChI=1S/C21H21ClN6O/c22-16-7-8-18-17(12-16)19(29)27(14-15-6-5-9-23-13-15)21-25-24-20(28(18)21)26-10-3-1-2-4-11-26/h5-9,12-13H,1-4,10-11,14H2. The van der Waals surface area contributed by atoms with Crippen LogP contribution in [-0.2, 0) is 6.54 Å². The average molecular weight is 409 g/mol. The van der Waals surface area contributed by atoms with Gasteiger partial charge in [0.05, 0.1) is 17.4 Å². The molecule has 1 aromatic carbocycles. The number of rotatable bonds is 3. The first-order valence-corrected chi connectivity index (χ1v) is 10.3. The summed E-state index contributed by atoms with van der Waals surface area (Å²) in [6, 6.07) is 9.22. The van der Waals surface area contributed by atoms with Crippen molar-refractivity contribution >= 4 is 34.2 Å². The molecule has 0 bridgehead atoms. The molecule has 7 nitrogen and oxygen atoms in total. The second-order valence-corrected chi connectivity index (χ2v) is 7.89. The first-order chi connectivity index (χ1) is 14.2. The van der Waals surface area contributed by atoms with E-state index in [-0.39, 0.29) is 5.56 Å². The van der Waals surface area contributed by atoms with Gasteiger partial charge in [-0.1, -0.05) is 30.5 Å². The van der Waals surface area contributed by atoms with E-state index in [0.29, 0.717) is 22.7 Å². The summed E-state index contributed by atoms with van der Waals surface area (Å²) in [6.45, 7) is 2.26. The van der Waals surface area contributed by atoms with Gasteiger partial charge in [-0.2, -0.15) is 0 Å². The van der Waals surface area contributed by atoms with Crippen LogP contribution in [0.25, 0.3) is 16.7 Å². The Bertz CT molecular complexity index is 1220. The number of pyridine rings is 1. The van der Waals surface area contributed by atoms with Gasteiger partial charge in [0.15, 0.2) is 0 Å². The second kappa shape index (κ2) is 7.48. The predicted octanol–water partition coefficient (Wildman–Crippen LogP) is 3.52. The molecule has 0 unspecified atom stereocenters. The van der Waals surface area contributed by atoms with Gasteiger partial charge in [0.1, 0.15) is 0 Å². The zero-order valence-electron chi connectivity index (χ0n) is 16.0. The van der Waals surface area contributed by atoms with Gasteiger partial charge in [-0.25, -0.2) is 4.40 Å². The molecule has 0 spiro atoms. The van der Waals surface area contributed by atoms with Crippen molar-refractivity contribution in [1.29, 1.82) is 0 Å². The van der Waals surface area contributed by atoms with Gasteiger partial charge >= 0.3 is 0 Å². The average Bonchev–Trinajstić information content (AvgIpc) is 2.99. The highest BCUT2D eigenvalue weighted by molar-refractivity contribution is 6.31. The third-order valence-electron chi connectivity index (χ3n) is 5.50. The van der Waals surface area contributed by atoms with Crippen molar-refractivity contribution in [2.75, 3.05) is 18.0 Å². The highest BCUT2D eigenvalue weighted by Gasteiger charge is 2.21. The van der Waals surface area contributed by atoms with Crippen molar-refractivity contribution in [1.82, 2.24) is 24.1 Å². The molecule has 1 saturated heterocycles. The molecule has 0 radical (unpaired) electrons. The molecule has 1 aliphatic rings. The Labute approximate surface area is 172 Å². The van der Waals surface area contributed by atoms with Crippen molar-refractivity contribution in [3.05, 3.63) is 63.7 Å². The maximum Gasteiger partial charge on any atom is 0.263 e. The Hall–Kier alpha value is -2.93. The largest absolute Gasteiger partial charge is 0.341 e. The summed E-state index contributed by atoms with van der Waals surface area (Å²) in [4.78, 5) is 19.8. The molecule has 1 fully saturated rings. The number of hydrogen-bond acceptors (Lipinski definition) is 5. The van der Waals surface area contributed by atoms with Gasteiger partial charge in [0.2, 0.25) is 11.7 Å². The molecule has 0 N–H and O–H groups in total. The van der Waals surface area contributed by atoms with Crippen LogP contribution in [0.5, 0.6) is 0 Å². The first kappa shape index (κ1) is 18.1. The molecule has 148 valence electrons. The highest BCUT2D eigenvalue weighted by Crippen LogP contribution is 2.24. The van der Waals surface area contributed by atoms with E-state index in [1.54, 1.807) is 29.1 Å². The maximum absolute atomic E-state index is 13.3. The Morgan fingerprint density at radius 3 is 2.62 bits per heavy atom. The van der Waals surface area contributed by atoms with Crippen molar-refractivity contribution in [3.8, 4) is 0 Å². The van der Waals surface area contributed by atoms with Crippen LogP contribution < -0.4 is 10.5 Å². The lowest BCUT2D eigenvalue weighted by atomic mass is 10.2. The molecule has 0 aliphatic carbocycles. The summed E-state index contributed by atoms with van der Waals surface area (Å²) < 4.78 is 3.65. The third kappa shape index (κ3) is 3.25. The van der Waals surface area contributed by atoms with E-state index in [4.69, 9.17) is 11.6 Å². The van der Waals surface area contributed by atoms with Gasteiger partial charge in [-0.05, 0) is 42.7 Å². The van der Waals surface area contributed by atoms with E-state index < -0.39 is 0 Å². The van der Waals surface area contributed by atoms with Crippen LogP contribution in [0.15, 0.2) is 47.5 Å². The van der Waals surface area contributed by atoms with Crippen LogP contribution in [0.1, 0.15) is 31.2 Å². The Morgan fingerprint density at radius 2 is 1.86 bits per heavy atom. The van der Waals surface area contributed by atoms with Gasteiger partial charge in [0.25, 0.3) is 5.56 Å². The van der Waals surface area contributed by atoms with Crippen molar-refractivity contribution in [2.24, 2.45) is 0 Å². The molecule has 8 heteroatoms. The summed E-state index contributed by atoms with van der Waals surface area (Å²) in [7, 11) is 0. The molecule has 0 saturated carbocycles. The van der Waals surface area contributed by atoms with Gasteiger partial charge in [0, 0.05) is 30.5 Å². The molecule has 0 atom stereocenters. The van der Waals surface area contributed by atoms with Gasteiger partial charge < -0.3 is 4.90 Å². The van der Waals surface area contributed by atoms with E-state index in [0.717, 1.165) is 43.0 Å². The fourth-order valence-electron chi connectivity index (χ4n) is 4.06. The van der Waals surface area contributed by atoms with E-state index in [1.807, 2.05) is 22.6 Å². The molecule has 0 amide bonds. The van der Waals surface area contributed by atoms with E-state index in [1.165, 1.54) is 12.8 Å². The zero-order valence-corrected chi connectivity index (χ0v) is 16.7. The summed E-state index contributed by atoms with van der Waals surface area (Å²) in [6.07, 6.45) is 8.21. The molecular formula is C21H21ClN6O. The molecule has 4 heterocycles. The topological polar surface area (TPSA) is 68.3 Å². The Kier molecular flexibility index (Phi) is 4.67. The third-order valence-corrected chi connectivity index (χ3v) is 5.73. The van der Waals surface area contributed by atoms with Crippen LogP contribution in [0, 0.1) is 0 Å². The maximum atomic E-state index is 13.3. The highest BCUT2D eigenvalue weighted by atomic mass is 35.5. The summed E-state index contributed by atoms with van der Waals surface area (Å²) in [5.74, 6) is 1.32. The van der Waals surface area contributed by atoms with Crippen molar-refractivity contribution < 1.29 is 0 Å². The molecule has 4 aromatic rings. The lowest BCUT2D eigenvalue weighted by Gasteiger charge is -2.21. The van der Waals surface area contributed by atoms with E-state index >= 15 is 0 Å². The monoisotopic (exact) mass is 408 g/mol. The summed E-state index contributed by atoms with van der Waals surface area (Å²) in [5, 5.41) is 10.0. The molecule has 1 aliphatic heterocycles. The molecule has 3 aromatic heterocycles. The van der Waals surface area contributed by atoms with Crippen molar-refractivity contribution in [3.63, 3.8) is 0 Å². The van der Waals surface area contributed by atoms with Crippen LogP contribution in [0.4, 0.5) is 5.95 Å². The molecule has 29 heavy (non-hydrogen) atoms. The quantitative estimate of drug-likeness (QED) is 0.518. The second-order valence-electron chi connectivity index (χ2n) is 7.45. The number of halogens is 1. The fourth-order valence-corrected chi connectivity index (χ4v) is 4.23. The van der Waals surface area contributed by atoms with E-state index in [2.05, 4.69) is 20.1 Å². The van der Waals surface area contributed by atoms with Crippen LogP contribution in [0.3, 0.4) is 0 Å². The SMILES string of the molecule is O=c1c2cc(Cl)ccc2n2c(N3CCCCCC3)nnc2n1Cc1cccnc1. The zero-order chi connectivity index (χ0) is 19.8. The minimum atomic E-state index is -0.131. The van der Waals surface area contributed by atoms with Crippen LogP contribution in [0.2, 0.25) is 5.02 Å². The van der Waals surface area contributed by atoms with E-state index in [9.17, 15) is 4.79 Å². The Balaban J connectivity index is 1.77. The van der Waals surface area contributed by atoms with Crippen molar-refractivity contribution in [2.45, 2.75) is 32.2 Å². The minimum Gasteiger partial charge on any atom is -0.341 e. The lowest BCUT2D eigenvalue weighted by molar-refractivity contribution is 0.726. The molecular weight excluding hydrogens is 388 g/mol. The van der Waals surface area contributed by atoms with Crippen LogP contribution >= 0.6 is 11.6 Å². The minimum absolute atomic E-state index is 0.131. The predicted molar refractivity (Wildman–Crippen MR) is 114 cm³/mol. The fraction of sp³-hybridized carbons (Fsp3) is 0.333. The summed E-state index contributed by atoms with van der Waals surface area (Å²) in [5.41, 5.74) is 1.58. The lowest BCUT2D eigenvalue weighted by Crippen LogP contribution is -2.28. The van der Waals surface area contributed by atoms with Gasteiger partial charge in [-0.15, -0.1) is 10.2 Å². The number of anilines is 1. The number of benzene rings is 1. The van der Waals surface area contributed by atoms with Crippen LogP contribution in [-0.4, -0.2) is 37.2 Å². The molecule has 5 rings (SSSR count). The smallest absolute Gasteiger partial charge is 0.263 e. The number of fused-ring (bicyclic) bond motifs is 3. The number of aromatic nitrogens is 5. The normalized spacial score (nSPS) is 15.1. The first-order valence-electron chi connectivity index (χ1n) is 9.93. The summed E-state index contributed by atoms with van der Waals surface area (Å²) >= 11 is 6.23. The van der Waals surface area contributed by atoms with Gasteiger partial charge in [-0.3, -0.25) is 14.3 Å². The number of hydrogen-bond donors (Lipinski definition) is 0. The Morgan fingerprint density at radius 1 is 1.03 bits per heavy atom.